The predicted octanol–water partition coefficient (Wildman–Crippen LogP) is 2.53. The summed E-state index contributed by atoms with van der Waals surface area (Å²) in [5.41, 5.74) is 1.46. The van der Waals surface area contributed by atoms with E-state index < -0.39 is 11.7 Å². The lowest BCUT2D eigenvalue weighted by molar-refractivity contribution is -0.880. The Labute approximate surface area is 168 Å². The largest absolute Gasteiger partial charge is 0.416 e. The lowest BCUT2D eigenvalue weighted by Crippen LogP contribution is -3.12. The zero-order chi connectivity index (χ0) is 20.1. The maximum absolute atomic E-state index is 13.2. The number of piperazine rings is 1. The molecule has 1 saturated heterocycles. The lowest BCUT2D eigenvalue weighted by atomic mass is 10.1. The normalized spacial score (nSPS) is 15.4. The van der Waals surface area contributed by atoms with Gasteiger partial charge in [-0.05, 0) is 36.0 Å². The van der Waals surface area contributed by atoms with Crippen molar-refractivity contribution in [3.63, 3.8) is 0 Å². The highest BCUT2D eigenvalue weighted by atomic mass is 32.1. The van der Waals surface area contributed by atoms with E-state index in [4.69, 9.17) is 12.2 Å². The number of quaternary nitrogens is 1. The number of halogens is 3. The van der Waals surface area contributed by atoms with Crippen molar-refractivity contribution < 1.29 is 18.1 Å². The molecular weight excluding hydrogens is 385 g/mol. The molecule has 0 amide bonds. The van der Waals surface area contributed by atoms with Crippen molar-refractivity contribution in [3.8, 4) is 0 Å². The highest BCUT2D eigenvalue weighted by Gasteiger charge is 2.32. The second-order valence-electron chi connectivity index (χ2n) is 6.97. The van der Waals surface area contributed by atoms with Crippen molar-refractivity contribution in [3.05, 3.63) is 59.7 Å². The van der Waals surface area contributed by atoms with Gasteiger partial charge in [-0.1, -0.05) is 30.3 Å². The van der Waals surface area contributed by atoms with Crippen LogP contribution >= 0.6 is 12.2 Å². The van der Waals surface area contributed by atoms with Crippen LogP contribution in [0.1, 0.15) is 11.1 Å². The molecule has 2 aromatic rings. The van der Waals surface area contributed by atoms with Gasteiger partial charge in [0.25, 0.3) is 0 Å². The van der Waals surface area contributed by atoms with E-state index in [0.717, 1.165) is 49.6 Å². The standard InChI is InChI=1S/C20H23F3N4S/c1-26-9-11-27(12-10-26)18-8-7-16(20(21,22)23)13-17(18)25-19(28)24-14-15-5-3-2-4-6-15/h2-8,13H,9-12,14H2,1H3,(H2,24,25,28)/p+1. The highest BCUT2D eigenvalue weighted by molar-refractivity contribution is 7.80. The van der Waals surface area contributed by atoms with E-state index in [1.54, 1.807) is 0 Å². The van der Waals surface area contributed by atoms with Crippen LogP contribution in [0.4, 0.5) is 24.5 Å². The van der Waals surface area contributed by atoms with Crippen LogP contribution in [-0.4, -0.2) is 38.3 Å². The molecule has 4 nitrogen and oxygen atoms in total. The maximum atomic E-state index is 13.2. The Kier molecular flexibility index (Phi) is 6.41. The van der Waals surface area contributed by atoms with Crippen LogP contribution in [0.25, 0.3) is 0 Å². The van der Waals surface area contributed by atoms with E-state index in [9.17, 15) is 13.2 Å². The summed E-state index contributed by atoms with van der Waals surface area (Å²) >= 11 is 5.33. The van der Waals surface area contributed by atoms with Gasteiger partial charge in [-0.15, -0.1) is 0 Å². The van der Waals surface area contributed by atoms with Gasteiger partial charge in [0, 0.05) is 6.54 Å². The average Bonchev–Trinajstić information content (AvgIpc) is 2.67. The third-order valence-corrected chi connectivity index (χ3v) is 5.07. The number of alkyl halides is 3. The van der Waals surface area contributed by atoms with Crippen molar-refractivity contribution in [2.45, 2.75) is 12.7 Å². The quantitative estimate of drug-likeness (QED) is 0.678. The molecule has 1 fully saturated rings. The summed E-state index contributed by atoms with van der Waals surface area (Å²) < 4.78 is 39.6. The van der Waals surface area contributed by atoms with Crippen molar-refractivity contribution in [1.82, 2.24) is 5.32 Å². The molecule has 1 aliphatic rings. The van der Waals surface area contributed by atoms with Gasteiger partial charge < -0.3 is 20.4 Å². The first-order valence-electron chi connectivity index (χ1n) is 9.19. The molecule has 0 radical (unpaired) electrons. The van der Waals surface area contributed by atoms with Gasteiger partial charge in [0.15, 0.2) is 5.11 Å². The number of hydrogen-bond donors (Lipinski definition) is 3. The van der Waals surface area contributed by atoms with E-state index in [-0.39, 0.29) is 0 Å². The van der Waals surface area contributed by atoms with E-state index >= 15 is 0 Å². The molecule has 0 saturated carbocycles. The van der Waals surface area contributed by atoms with E-state index in [1.165, 1.54) is 11.0 Å². The summed E-state index contributed by atoms with van der Waals surface area (Å²) in [7, 11) is 2.12. The smallest absolute Gasteiger partial charge is 0.359 e. The van der Waals surface area contributed by atoms with Crippen LogP contribution in [0.3, 0.4) is 0 Å². The molecular formula is C20H24F3N4S+. The molecule has 8 heteroatoms. The monoisotopic (exact) mass is 409 g/mol. The minimum absolute atomic E-state index is 0.296. The van der Waals surface area contributed by atoms with Gasteiger partial charge in [-0.2, -0.15) is 13.2 Å². The number of rotatable bonds is 4. The molecule has 1 aliphatic heterocycles. The van der Waals surface area contributed by atoms with E-state index in [1.807, 2.05) is 30.3 Å². The number of thiocarbonyl (C=S) groups is 1. The third-order valence-electron chi connectivity index (χ3n) is 4.83. The fourth-order valence-electron chi connectivity index (χ4n) is 3.16. The van der Waals surface area contributed by atoms with Crippen LogP contribution in [-0.2, 0) is 12.7 Å². The molecule has 28 heavy (non-hydrogen) atoms. The molecule has 3 rings (SSSR count). The SMILES string of the molecule is C[NH+]1CCN(c2ccc(C(F)(F)F)cc2NC(=S)NCc2ccccc2)CC1. The van der Waals surface area contributed by atoms with Gasteiger partial charge in [0.05, 0.1) is 50.2 Å². The molecule has 0 spiro atoms. The summed E-state index contributed by atoms with van der Waals surface area (Å²) in [5, 5.41) is 6.33. The van der Waals surface area contributed by atoms with Crippen molar-refractivity contribution in [2.24, 2.45) is 0 Å². The van der Waals surface area contributed by atoms with Crippen molar-refractivity contribution in [1.29, 1.82) is 0 Å². The van der Waals surface area contributed by atoms with Gasteiger partial charge in [0.1, 0.15) is 0 Å². The number of nitrogens with one attached hydrogen (secondary N) is 3. The summed E-state index contributed by atoms with van der Waals surface area (Å²) in [4.78, 5) is 3.52. The van der Waals surface area contributed by atoms with E-state index in [0.29, 0.717) is 17.3 Å². The summed E-state index contributed by atoms with van der Waals surface area (Å²) in [6.07, 6.45) is -4.40. The topological polar surface area (TPSA) is 31.7 Å². The summed E-state index contributed by atoms with van der Waals surface area (Å²) in [5.74, 6) is 0. The Morgan fingerprint density at radius 1 is 1.11 bits per heavy atom. The van der Waals surface area contributed by atoms with Gasteiger partial charge >= 0.3 is 6.18 Å². The first kappa shape index (κ1) is 20.4. The Morgan fingerprint density at radius 3 is 2.43 bits per heavy atom. The molecule has 1 heterocycles. The molecule has 150 valence electrons. The number of anilines is 2. The second kappa shape index (κ2) is 8.79. The Bertz CT molecular complexity index is 803. The molecule has 0 unspecified atom stereocenters. The number of hydrogen-bond acceptors (Lipinski definition) is 2. The molecule has 2 aromatic carbocycles. The van der Waals surface area contributed by atoms with Gasteiger partial charge in [-0.25, -0.2) is 0 Å². The Hall–Kier alpha value is -2.32. The van der Waals surface area contributed by atoms with Crippen LogP contribution in [0.15, 0.2) is 48.5 Å². The van der Waals surface area contributed by atoms with Gasteiger partial charge in [-0.3, -0.25) is 0 Å². The third kappa shape index (κ3) is 5.36. The Morgan fingerprint density at radius 2 is 1.79 bits per heavy atom. The number of likely N-dealkylation sites (N-methyl/N-ethyl adjacent to an activating group) is 1. The zero-order valence-corrected chi connectivity index (χ0v) is 16.5. The highest BCUT2D eigenvalue weighted by Crippen LogP contribution is 2.35. The Balaban J connectivity index is 1.76. The van der Waals surface area contributed by atoms with Crippen molar-refractivity contribution in [2.75, 3.05) is 43.4 Å². The predicted molar refractivity (Wildman–Crippen MR) is 110 cm³/mol. The first-order valence-corrected chi connectivity index (χ1v) is 9.60. The summed E-state index contributed by atoms with van der Waals surface area (Å²) in [6.45, 7) is 3.96. The number of benzene rings is 2. The fourth-order valence-corrected chi connectivity index (χ4v) is 3.34. The molecule has 0 bridgehead atoms. The maximum Gasteiger partial charge on any atom is 0.416 e. The average molecular weight is 410 g/mol. The van der Waals surface area contributed by atoms with Crippen LogP contribution in [0, 0.1) is 0 Å². The number of nitrogens with zero attached hydrogens (tertiary/aromatic N) is 1. The lowest BCUT2D eigenvalue weighted by Gasteiger charge is -2.33. The second-order valence-corrected chi connectivity index (χ2v) is 7.38. The zero-order valence-electron chi connectivity index (χ0n) is 15.6. The van der Waals surface area contributed by atoms with E-state index in [2.05, 4.69) is 22.6 Å². The fraction of sp³-hybridized carbons (Fsp3) is 0.350. The molecule has 0 aliphatic carbocycles. The minimum atomic E-state index is -4.40. The minimum Gasteiger partial charge on any atom is -0.359 e. The molecule has 0 atom stereocenters. The van der Waals surface area contributed by atoms with Crippen LogP contribution in [0.2, 0.25) is 0 Å². The first-order chi connectivity index (χ1) is 13.3. The van der Waals surface area contributed by atoms with Crippen LogP contribution < -0.4 is 20.4 Å². The van der Waals surface area contributed by atoms with Crippen molar-refractivity contribution >= 4 is 28.7 Å². The molecule has 0 aromatic heterocycles. The summed E-state index contributed by atoms with van der Waals surface area (Å²) in [6, 6.07) is 13.5. The van der Waals surface area contributed by atoms with Crippen LogP contribution in [0.5, 0.6) is 0 Å². The van der Waals surface area contributed by atoms with Gasteiger partial charge in [0.2, 0.25) is 0 Å². The molecule has 3 N–H and O–H groups in total.